The zero-order chi connectivity index (χ0) is 6.32. The van der Waals surface area contributed by atoms with E-state index in [-0.39, 0.29) is 0 Å². The molecule has 52 valence electrons. The maximum Gasteiger partial charge on any atom is 0.0184 e. The Morgan fingerprint density at radius 3 is 2.44 bits per heavy atom. The molecule has 0 radical (unpaired) electrons. The van der Waals surface area contributed by atoms with Crippen molar-refractivity contribution in [3.63, 3.8) is 0 Å². The minimum atomic E-state index is 0.638. The largest absolute Gasteiger partial charge is 0.311 e. The maximum atomic E-state index is 3.62. The molecule has 0 aromatic heterocycles. The zero-order valence-electron chi connectivity index (χ0n) is 6.11. The Morgan fingerprint density at radius 1 is 1.44 bits per heavy atom. The molecule has 0 amide bonds. The van der Waals surface area contributed by atoms with Gasteiger partial charge in [0, 0.05) is 5.54 Å². The lowest BCUT2D eigenvalue weighted by Gasteiger charge is -2.38. The molecule has 2 rings (SSSR count). The quantitative estimate of drug-likeness (QED) is 0.518. The average Bonchev–Trinajstić information content (AvgIpc) is 2.09. The van der Waals surface area contributed by atoms with E-state index in [0.717, 1.165) is 5.92 Å². The Hall–Kier alpha value is -0.0400. The Balaban J connectivity index is 1.99. The standard InChI is InChI=1S/C8H15N/c1-7-5-8(9-6-7)3-2-4-8/h7,9H,2-6H2,1H3/t7-/m0/s1. The van der Waals surface area contributed by atoms with Crippen molar-refractivity contribution in [1.29, 1.82) is 0 Å². The van der Waals surface area contributed by atoms with Crippen molar-refractivity contribution in [2.24, 2.45) is 5.92 Å². The predicted molar refractivity (Wildman–Crippen MR) is 38.4 cm³/mol. The lowest BCUT2D eigenvalue weighted by molar-refractivity contribution is 0.211. The van der Waals surface area contributed by atoms with Crippen molar-refractivity contribution in [2.75, 3.05) is 6.54 Å². The van der Waals surface area contributed by atoms with Crippen LogP contribution in [0.1, 0.15) is 32.6 Å². The summed E-state index contributed by atoms with van der Waals surface area (Å²) in [7, 11) is 0. The van der Waals surface area contributed by atoms with Crippen LogP contribution in [-0.4, -0.2) is 12.1 Å². The third-order valence-electron chi connectivity index (χ3n) is 2.88. The molecule has 1 aliphatic carbocycles. The van der Waals surface area contributed by atoms with Crippen molar-refractivity contribution in [3.8, 4) is 0 Å². The van der Waals surface area contributed by atoms with Gasteiger partial charge in [-0.05, 0) is 38.1 Å². The molecule has 1 spiro atoms. The van der Waals surface area contributed by atoms with Crippen LogP contribution < -0.4 is 5.32 Å². The van der Waals surface area contributed by atoms with Crippen LogP contribution in [0.25, 0.3) is 0 Å². The summed E-state index contributed by atoms with van der Waals surface area (Å²) < 4.78 is 0. The highest BCUT2D eigenvalue weighted by molar-refractivity contribution is 5.01. The first-order chi connectivity index (χ1) is 4.31. The van der Waals surface area contributed by atoms with E-state index in [4.69, 9.17) is 0 Å². The summed E-state index contributed by atoms with van der Waals surface area (Å²) in [6.07, 6.45) is 5.78. The van der Waals surface area contributed by atoms with Crippen LogP contribution in [0.2, 0.25) is 0 Å². The van der Waals surface area contributed by atoms with Gasteiger partial charge in [-0.1, -0.05) is 6.92 Å². The SMILES string of the molecule is C[C@@H]1CNC2(CCC2)C1. The van der Waals surface area contributed by atoms with Gasteiger partial charge in [-0.25, -0.2) is 0 Å². The number of hydrogen-bond donors (Lipinski definition) is 1. The van der Waals surface area contributed by atoms with Crippen LogP contribution in [0.3, 0.4) is 0 Å². The van der Waals surface area contributed by atoms with Crippen molar-refractivity contribution in [2.45, 2.75) is 38.1 Å². The summed E-state index contributed by atoms with van der Waals surface area (Å²) in [5.41, 5.74) is 0.638. The molecule has 0 bridgehead atoms. The van der Waals surface area contributed by atoms with Gasteiger partial charge in [0.2, 0.25) is 0 Å². The van der Waals surface area contributed by atoms with Crippen LogP contribution >= 0.6 is 0 Å². The van der Waals surface area contributed by atoms with Crippen molar-refractivity contribution < 1.29 is 0 Å². The third-order valence-corrected chi connectivity index (χ3v) is 2.88. The van der Waals surface area contributed by atoms with Crippen LogP contribution in [0.4, 0.5) is 0 Å². The molecule has 1 heterocycles. The van der Waals surface area contributed by atoms with Gasteiger partial charge in [-0.3, -0.25) is 0 Å². The highest BCUT2D eigenvalue weighted by atomic mass is 15.0. The second-order valence-electron chi connectivity index (χ2n) is 3.82. The fourth-order valence-electron chi connectivity index (χ4n) is 2.19. The summed E-state index contributed by atoms with van der Waals surface area (Å²) in [6.45, 7) is 3.61. The molecule has 1 saturated heterocycles. The molecule has 2 fully saturated rings. The van der Waals surface area contributed by atoms with Gasteiger partial charge >= 0.3 is 0 Å². The molecule has 1 N–H and O–H groups in total. The van der Waals surface area contributed by atoms with E-state index < -0.39 is 0 Å². The molecule has 0 aromatic carbocycles. The summed E-state index contributed by atoms with van der Waals surface area (Å²) in [5.74, 6) is 0.935. The van der Waals surface area contributed by atoms with Gasteiger partial charge in [0.1, 0.15) is 0 Å². The average molecular weight is 125 g/mol. The molecule has 0 unspecified atom stereocenters. The number of rotatable bonds is 0. The zero-order valence-corrected chi connectivity index (χ0v) is 6.11. The first kappa shape index (κ1) is 5.72. The van der Waals surface area contributed by atoms with Gasteiger partial charge in [0.15, 0.2) is 0 Å². The van der Waals surface area contributed by atoms with Crippen molar-refractivity contribution in [3.05, 3.63) is 0 Å². The lowest BCUT2D eigenvalue weighted by Crippen LogP contribution is -2.45. The van der Waals surface area contributed by atoms with E-state index in [1.54, 1.807) is 0 Å². The van der Waals surface area contributed by atoms with E-state index in [1.807, 2.05) is 0 Å². The fraction of sp³-hybridized carbons (Fsp3) is 1.00. The monoisotopic (exact) mass is 125 g/mol. The van der Waals surface area contributed by atoms with E-state index in [0.29, 0.717) is 5.54 Å². The third kappa shape index (κ3) is 0.787. The highest BCUT2D eigenvalue weighted by Crippen LogP contribution is 2.40. The van der Waals surface area contributed by atoms with Gasteiger partial charge in [-0.15, -0.1) is 0 Å². The van der Waals surface area contributed by atoms with E-state index in [9.17, 15) is 0 Å². The smallest absolute Gasteiger partial charge is 0.0184 e. The van der Waals surface area contributed by atoms with Crippen molar-refractivity contribution in [1.82, 2.24) is 5.32 Å². The second kappa shape index (κ2) is 1.72. The topological polar surface area (TPSA) is 12.0 Å². The number of hydrogen-bond acceptors (Lipinski definition) is 1. The van der Waals surface area contributed by atoms with Crippen LogP contribution in [0, 0.1) is 5.92 Å². The second-order valence-corrected chi connectivity index (χ2v) is 3.82. The van der Waals surface area contributed by atoms with E-state index in [2.05, 4.69) is 12.2 Å². The first-order valence-electron chi connectivity index (χ1n) is 4.06. The minimum absolute atomic E-state index is 0.638. The summed E-state index contributed by atoms with van der Waals surface area (Å²) in [4.78, 5) is 0. The minimum Gasteiger partial charge on any atom is -0.311 e. The molecule has 2 aliphatic rings. The Labute approximate surface area is 56.8 Å². The van der Waals surface area contributed by atoms with Gasteiger partial charge in [-0.2, -0.15) is 0 Å². The van der Waals surface area contributed by atoms with E-state index in [1.165, 1.54) is 32.2 Å². The number of nitrogens with one attached hydrogen (secondary N) is 1. The molecule has 9 heavy (non-hydrogen) atoms. The molecule has 1 atom stereocenters. The van der Waals surface area contributed by atoms with Gasteiger partial charge < -0.3 is 5.32 Å². The van der Waals surface area contributed by atoms with Crippen LogP contribution in [-0.2, 0) is 0 Å². The molecule has 1 aliphatic heterocycles. The molecule has 1 saturated carbocycles. The molecule has 1 nitrogen and oxygen atoms in total. The first-order valence-corrected chi connectivity index (χ1v) is 4.06. The lowest BCUT2D eigenvalue weighted by atomic mass is 9.75. The van der Waals surface area contributed by atoms with Crippen LogP contribution in [0.15, 0.2) is 0 Å². The van der Waals surface area contributed by atoms with Crippen LogP contribution in [0.5, 0.6) is 0 Å². The predicted octanol–water partition coefficient (Wildman–Crippen LogP) is 1.54. The fourth-order valence-corrected chi connectivity index (χ4v) is 2.19. The maximum absolute atomic E-state index is 3.62. The molecule has 0 aromatic rings. The van der Waals surface area contributed by atoms with Gasteiger partial charge in [0.05, 0.1) is 0 Å². The van der Waals surface area contributed by atoms with Gasteiger partial charge in [0.25, 0.3) is 0 Å². The normalized spacial score (nSPS) is 39.0. The Bertz CT molecular complexity index is 116. The summed E-state index contributed by atoms with van der Waals surface area (Å²) in [6, 6.07) is 0. The molecule has 1 heteroatoms. The van der Waals surface area contributed by atoms with Crippen molar-refractivity contribution >= 4 is 0 Å². The Kier molecular flexibility index (Phi) is 1.10. The Morgan fingerprint density at radius 2 is 2.22 bits per heavy atom. The molecular formula is C8H15N. The summed E-state index contributed by atoms with van der Waals surface area (Å²) in [5, 5.41) is 3.62. The molecular weight excluding hydrogens is 110 g/mol. The highest BCUT2D eigenvalue weighted by Gasteiger charge is 2.41. The van der Waals surface area contributed by atoms with E-state index >= 15 is 0 Å². The summed E-state index contributed by atoms with van der Waals surface area (Å²) >= 11 is 0.